The summed E-state index contributed by atoms with van der Waals surface area (Å²) in [5, 5.41) is 0. The zero-order valence-electron chi connectivity index (χ0n) is 27.1. The fourth-order valence-corrected chi connectivity index (χ4v) is 7.29. The van der Waals surface area contributed by atoms with Gasteiger partial charge in [0.2, 0.25) is 5.95 Å². The maximum absolute atomic E-state index is 14.1. The van der Waals surface area contributed by atoms with E-state index in [4.69, 9.17) is 4.74 Å². The zero-order chi connectivity index (χ0) is 35.7. The third-order valence-corrected chi connectivity index (χ3v) is 9.70. The molecule has 0 spiro atoms. The van der Waals surface area contributed by atoms with Crippen molar-refractivity contribution in [1.82, 2.24) is 15.0 Å². The Hall–Kier alpha value is -3.82. The van der Waals surface area contributed by atoms with Gasteiger partial charge >= 0.3 is 18.5 Å². The number of halogens is 9. The minimum atomic E-state index is -5.08. The van der Waals surface area contributed by atoms with Crippen LogP contribution < -0.4 is 14.7 Å². The van der Waals surface area contributed by atoms with Crippen molar-refractivity contribution in [3.8, 4) is 0 Å². The van der Waals surface area contributed by atoms with Crippen LogP contribution in [0.3, 0.4) is 0 Å². The summed E-state index contributed by atoms with van der Waals surface area (Å²) >= 11 is 0. The van der Waals surface area contributed by atoms with E-state index < -0.39 is 41.8 Å². The molecular weight excluding hydrogens is 679 g/mol. The lowest BCUT2D eigenvalue weighted by Crippen LogP contribution is -2.38. The van der Waals surface area contributed by atoms with E-state index in [0.717, 1.165) is 57.2 Å². The predicted molar refractivity (Wildman–Crippen MR) is 168 cm³/mol. The maximum atomic E-state index is 14.1. The van der Waals surface area contributed by atoms with Crippen molar-refractivity contribution < 1.29 is 44.3 Å². The molecule has 3 aliphatic rings. The summed E-state index contributed by atoms with van der Waals surface area (Å²) in [6.45, 7) is 1.66. The smallest absolute Gasteiger partial charge is 0.378 e. The van der Waals surface area contributed by atoms with E-state index in [0.29, 0.717) is 62.4 Å². The molecule has 16 heteroatoms. The van der Waals surface area contributed by atoms with Crippen LogP contribution in [-0.2, 0) is 36.4 Å². The number of aromatic nitrogens is 3. The molecule has 1 saturated carbocycles. The van der Waals surface area contributed by atoms with Crippen molar-refractivity contribution in [2.75, 3.05) is 47.5 Å². The Kier molecular flexibility index (Phi) is 10.4. The van der Waals surface area contributed by atoms with Crippen molar-refractivity contribution >= 4 is 17.5 Å². The van der Waals surface area contributed by atoms with Gasteiger partial charge in [-0.1, -0.05) is 19.3 Å². The van der Waals surface area contributed by atoms with Crippen LogP contribution in [0.5, 0.6) is 0 Å². The van der Waals surface area contributed by atoms with E-state index in [1.165, 1.54) is 17.3 Å². The lowest BCUT2D eigenvalue weighted by Gasteiger charge is -2.36. The molecule has 1 aliphatic carbocycles. The van der Waals surface area contributed by atoms with Crippen molar-refractivity contribution in [3.05, 3.63) is 70.7 Å². The number of pyridine rings is 1. The van der Waals surface area contributed by atoms with Gasteiger partial charge in [-0.05, 0) is 61.4 Å². The number of hydrogen-bond donors (Lipinski definition) is 0. The number of rotatable bonds is 8. The topological polar surface area (TPSA) is 57.6 Å². The minimum Gasteiger partial charge on any atom is -0.378 e. The van der Waals surface area contributed by atoms with Gasteiger partial charge in [0, 0.05) is 50.5 Å². The molecule has 0 amide bonds. The highest BCUT2D eigenvalue weighted by Crippen LogP contribution is 2.40. The first-order valence-corrected chi connectivity index (χ1v) is 16.7. The summed E-state index contributed by atoms with van der Waals surface area (Å²) in [5.41, 5.74) is -3.66. The fourth-order valence-electron chi connectivity index (χ4n) is 7.29. The lowest BCUT2D eigenvalue weighted by molar-refractivity contribution is -0.143. The van der Waals surface area contributed by atoms with Crippen molar-refractivity contribution in [2.24, 2.45) is 5.92 Å². The van der Waals surface area contributed by atoms with Crippen molar-refractivity contribution in [2.45, 2.75) is 82.6 Å². The van der Waals surface area contributed by atoms with Crippen LogP contribution in [0.15, 0.2) is 42.9 Å². The van der Waals surface area contributed by atoms with Crippen molar-refractivity contribution in [1.29, 1.82) is 0 Å². The molecule has 3 fully saturated rings. The van der Waals surface area contributed by atoms with Crippen LogP contribution in [0.1, 0.15) is 72.8 Å². The molecule has 50 heavy (non-hydrogen) atoms. The molecule has 0 bridgehead atoms. The highest BCUT2D eigenvalue weighted by atomic mass is 19.4. The van der Waals surface area contributed by atoms with Crippen LogP contribution in [0, 0.1) is 5.92 Å². The van der Waals surface area contributed by atoms with Crippen molar-refractivity contribution in [3.63, 3.8) is 0 Å². The Morgan fingerprint density at radius 3 is 1.88 bits per heavy atom. The van der Waals surface area contributed by atoms with Gasteiger partial charge in [0.25, 0.3) is 0 Å². The van der Waals surface area contributed by atoms with Gasteiger partial charge in [-0.3, -0.25) is 0 Å². The Morgan fingerprint density at radius 2 is 1.28 bits per heavy atom. The average Bonchev–Trinajstić information content (AvgIpc) is 3.57. The Morgan fingerprint density at radius 1 is 0.660 bits per heavy atom. The van der Waals surface area contributed by atoms with Crippen LogP contribution in [-0.4, -0.2) is 53.8 Å². The molecule has 1 aromatic carbocycles. The minimum absolute atomic E-state index is 0.0368. The number of ether oxygens (including phenoxy) is 1. The summed E-state index contributed by atoms with van der Waals surface area (Å²) in [6, 6.07) is 2.26. The molecule has 1 atom stereocenters. The number of alkyl halides is 9. The van der Waals surface area contributed by atoms with Gasteiger partial charge in [-0.2, -0.15) is 39.5 Å². The number of hydrogen-bond acceptors (Lipinski definition) is 7. The van der Waals surface area contributed by atoms with Gasteiger partial charge in [-0.15, -0.1) is 0 Å². The first kappa shape index (κ1) is 36.0. The maximum Gasteiger partial charge on any atom is 0.417 e. The monoisotopic (exact) mass is 716 g/mol. The second kappa shape index (κ2) is 14.4. The van der Waals surface area contributed by atoms with E-state index >= 15 is 0 Å². The van der Waals surface area contributed by atoms with E-state index in [2.05, 4.69) is 15.0 Å². The molecule has 2 aliphatic heterocycles. The van der Waals surface area contributed by atoms with Gasteiger partial charge in [0.1, 0.15) is 5.82 Å². The number of benzene rings is 1. The molecule has 2 aromatic heterocycles. The molecule has 0 radical (unpaired) electrons. The first-order chi connectivity index (χ1) is 23.7. The summed E-state index contributed by atoms with van der Waals surface area (Å²) < 4.78 is 130. The quantitative estimate of drug-likeness (QED) is 0.217. The highest BCUT2D eigenvalue weighted by molar-refractivity contribution is 5.53. The van der Waals surface area contributed by atoms with Gasteiger partial charge < -0.3 is 19.4 Å². The summed E-state index contributed by atoms with van der Waals surface area (Å²) in [5.74, 6) is 0.559. The SMILES string of the molecule is FC(F)(F)c1cc(CN(Cc2cc(C(F)(F)F)cnc2N2CCC[C@@H]2C2CCCCC2)c2ncc(N3CCOCC3)cn2)cc(C(F)(F)F)c1. The Bertz CT molecular complexity index is 1570. The van der Waals surface area contributed by atoms with Gasteiger partial charge in [0.15, 0.2) is 0 Å². The summed E-state index contributed by atoms with van der Waals surface area (Å²) in [6.07, 6.45) is -4.33. The molecule has 7 nitrogen and oxygen atoms in total. The average molecular weight is 717 g/mol. The molecule has 272 valence electrons. The van der Waals surface area contributed by atoms with Crippen LogP contribution in [0.4, 0.5) is 57.0 Å². The van der Waals surface area contributed by atoms with Crippen LogP contribution in [0.2, 0.25) is 0 Å². The van der Waals surface area contributed by atoms with E-state index in [1.807, 2.05) is 9.80 Å². The second-order valence-corrected chi connectivity index (χ2v) is 13.1. The molecule has 0 N–H and O–H groups in total. The van der Waals surface area contributed by atoms with Gasteiger partial charge in [-0.25, -0.2) is 15.0 Å². The zero-order valence-corrected chi connectivity index (χ0v) is 27.1. The number of anilines is 3. The third kappa shape index (κ3) is 8.37. The highest BCUT2D eigenvalue weighted by Gasteiger charge is 2.39. The van der Waals surface area contributed by atoms with Crippen LogP contribution >= 0.6 is 0 Å². The van der Waals surface area contributed by atoms with E-state index in [1.54, 1.807) is 0 Å². The largest absolute Gasteiger partial charge is 0.417 e. The van der Waals surface area contributed by atoms with Gasteiger partial charge in [0.05, 0.1) is 48.0 Å². The Balaban J connectivity index is 1.42. The summed E-state index contributed by atoms with van der Waals surface area (Å²) in [4.78, 5) is 18.4. The number of morpholine rings is 1. The molecule has 6 rings (SSSR count). The lowest BCUT2D eigenvalue weighted by atomic mass is 9.83. The van der Waals surface area contributed by atoms with E-state index in [-0.39, 0.29) is 35.7 Å². The second-order valence-electron chi connectivity index (χ2n) is 13.1. The molecule has 3 aromatic rings. The normalized spacial score (nSPS) is 19.7. The predicted octanol–water partition coefficient (Wildman–Crippen LogP) is 8.52. The summed E-state index contributed by atoms with van der Waals surface area (Å²) in [7, 11) is 0. The van der Waals surface area contributed by atoms with E-state index in [9.17, 15) is 39.5 Å². The molecule has 4 heterocycles. The molecular formula is C34H37F9N6O. The number of nitrogens with zero attached hydrogens (tertiary/aromatic N) is 6. The third-order valence-electron chi connectivity index (χ3n) is 9.70. The standard InChI is InChI=1S/C34H37F9N6O/c35-32(36,37)25-13-22(14-26(16-25)33(38,39)40)20-48(31-45-18-28(19-46-31)47-9-11-50-12-10-47)21-24-15-27(34(41,42)43)17-44-30(24)49-8-4-7-29(49)23-5-2-1-3-6-23/h13-19,23,29H,1-12,20-21H2/t29-/m1/s1. The van der Waals surface area contributed by atoms with Crippen LogP contribution in [0.25, 0.3) is 0 Å². The fraction of sp³-hybridized carbons (Fsp3) is 0.559. The molecule has 2 saturated heterocycles. The Labute approximate surface area is 283 Å². The first-order valence-electron chi connectivity index (χ1n) is 16.7. The molecule has 0 unspecified atom stereocenters.